The zero-order valence-corrected chi connectivity index (χ0v) is 19.9. The maximum Gasteiger partial charge on any atom is 0.272 e. The summed E-state index contributed by atoms with van der Waals surface area (Å²) in [5.74, 6) is -2.34. The number of carbonyl (C=O) groups excluding carboxylic acids is 2. The molecule has 2 aromatic carbocycles. The molecule has 1 N–H and O–H groups in total. The van der Waals surface area contributed by atoms with Crippen LogP contribution in [0.25, 0.3) is 0 Å². The van der Waals surface area contributed by atoms with E-state index in [-0.39, 0.29) is 22.9 Å². The molecule has 0 aromatic heterocycles. The van der Waals surface area contributed by atoms with Crippen LogP contribution in [0, 0.1) is 31.9 Å². The molecule has 192 valence electrons. The lowest BCUT2D eigenvalue weighted by atomic mass is 9.82. The van der Waals surface area contributed by atoms with Crippen LogP contribution in [0.15, 0.2) is 36.4 Å². The van der Waals surface area contributed by atoms with Crippen LogP contribution in [-0.2, 0) is 0 Å². The van der Waals surface area contributed by atoms with Gasteiger partial charge in [0.1, 0.15) is 11.6 Å². The summed E-state index contributed by atoms with van der Waals surface area (Å²) in [7, 11) is 2.13. The minimum absolute atomic E-state index is 0.0311. The topological polar surface area (TPSA) is 136 Å². The number of carbonyl (C=O) groups is 2. The first kappa shape index (κ1) is 27.1. The van der Waals surface area contributed by atoms with Crippen LogP contribution in [0.5, 0.6) is 0 Å². The zero-order chi connectivity index (χ0) is 26.6. The van der Waals surface area contributed by atoms with Crippen molar-refractivity contribution in [2.24, 2.45) is 0 Å². The Balaban J connectivity index is 0.000000236. The van der Waals surface area contributed by atoms with Crippen molar-refractivity contribution in [3.05, 3.63) is 79.4 Å². The van der Waals surface area contributed by atoms with Gasteiger partial charge in [0.05, 0.1) is 33.1 Å². The number of benzene rings is 2. The fraction of sp³-hybridized carbons (Fsp3) is 0.391. The van der Waals surface area contributed by atoms with Crippen LogP contribution in [0.1, 0.15) is 52.8 Å². The monoisotopic (exact) mass is 524 g/mol. The number of piperidine rings is 2. The smallest absolute Gasteiger partial charge is 0.272 e. The summed E-state index contributed by atoms with van der Waals surface area (Å²) in [4.78, 5) is 44.5. The van der Waals surface area contributed by atoms with E-state index in [1.807, 2.05) is 0 Å². The number of rotatable bonds is 5. The molecular weight excluding hydrogens is 502 g/mol. The lowest BCUT2D eigenvalue weighted by Gasteiger charge is -2.47. The van der Waals surface area contributed by atoms with E-state index in [1.54, 1.807) is 0 Å². The lowest BCUT2D eigenvalue weighted by Crippen LogP contribution is -2.55. The Bertz CT molecular complexity index is 1180. The SMILES string of the molecule is CN1[C@@H]2CCC[C@H]1CC(NC(=O)c1ccc([N+](=O)[O-])cc1F)C2.O=C(Cl)c1ccc([N+](=O)[O-])cc1F. The summed E-state index contributed by atoms with van der Waals surface area (Å²) in [6, 6.07) is 6.72. The van der Waals surface area contributed by atoms with E-state index in [1.165, 1.54) is 12.5 Å². The highest BCUT2D eigenvalue weighted by atomic mass is 35.5. The maximum absolute atomic E-state index is 13.9. The van der Waals surface area contributed by atoms with Crippen molar-refractivity contribution in [3.63, 3.8) is 0 Å². The molecule has 13 heteroatoms. The number of nitro benzene ring substituents is 2. The van der Waals surface area contributed by atoms with Crippen molar-refractivity contribution in [1.82, 2.24) is 10.2 Å². The van der Waals surface area contributed by atoms with Gasteiger partial charge >= 0.3 is 0 Å². The Morgan fingerprint density at radius 2 is 1.42 bits per heavy atom. The summed E-state index contributed by atoms with van der Waals surface area (Å²) < 4.78 is 26.8. The summed E-state index contributed by atoms with van der Waals surface area (Å²) in [6.07, 6.45) is 5.22. The molecule has 4 rings (SSSR count). The van der Waals surface area contributed by atoms with E-state index in [4.69, 9.17) is 11.6 Å². The number of fused-ring (bicyclic) bond motifs is 2. The Labute approximate surface area is 209 Å². The number of nitrogens with zero attached hydrogens (tertiary/aromatic N) is 3. The molecule has 10 nitrogen and oxygen atoms in total. The van der Waals surface area contributed by atoms with Gasteiger partial charge in [-0.25, -0.2) is 8.78 Å². The molecule has 2 saturated heterocycles. The van der Waals surface area contributed by atoms with Gasteiger partial charge in [-0.15, -0.1) is 0 Å². The van der Waals surface area contributed by atoms with E-state index in [2.05, 4.69) is 17.3 Å². The van der Waals surface area contributed by atoms with Crippen LogP contribution in [0.3, 0.4) is 0 Å². The zero-order valence-electron chi connectivity index (χ0n) is 19.2. The third-order valence-electron chi connectivity index (χ3n) is 6.46. The molecule has 0 saturated carbocycles. The minimum atomic E-state index is -0.991. The molecule has 3 atom stereocenters. The molecule has 2 aliphatic heterocycles. The number of hydrogen-bond acceptors (Lipinski definition) is 7. The molecule has 2 aromatic rings. The standard InChI is InChI=1S/C16H20FN3O3.C7H3ClFNO3/c1-19-11-3-2-4-12(19)8-10(7-11)18-16(21)14-6-5-13(20(22)23)9-15(14)17;8-7(11)5-2-1-4(10(12)13)3-6(5)9/h5-6,9-12H,2-4,7-8H2,1H3,(H,18,21);1-3H/t10?,11-,12+;. The Kier molecular flexibility index (Phi) is 8.64. The van der Waals surface area contributed by atoms with E-state index >= 15 is 0 Å². The number of nitrogens with one attached hydrogen (secondary N) is 1. The van der Waals surface area contributed by atoms with Crippen LogP contribution in [-0.4, -0.2) is 51.1 Å². The molecule has 36 heavy (non-hydrogen) atoms. The normalized spacial score (nSPS) is 21.1. The van der Waals surface area contributed by atoms with Gasteiger partial charge in [-0.2, -0.15) is 0 Å². The van der Waals surface area contributed by atoms with Crippen molar-refractivity contribution < 1.29 is 28.2 Å². The molecule has 1 amide bonds. The molecule has 2 bridgehead atoms. The highest BCUT2D eigenvalue weighted by Crippen LogP contribution is 2.32. The molecule has 0 aliphatic carbocycles. The second kappa shape index (κ2) is 11.5. The molecule has 0 spiro atoms. The summed E-state index contributed by atoms with van der Waals surface area (Å²) in [5.41, 5.74) is -1.28. The maximum atomic E-state index is 13.9. The second-order valence-electron chi connectivity index (χ2n) is 8.66. The Morgan fingerprint density at radius 3 is 1.83 bits per heavy atom. The van der Waals surface area contributed by atoms with Crippen molar-refractivity contribution in [3.8, 4) is 0 Å². The number of amides is 1. The lowest BCUT2D eigenvalue weighted by molar-refractivity contribution is -0.385. The average molecular weight is 525 g/mol. The van der Waals surface area contributed by atoms with Crippen molar-refractivity contribution in [1.29, 1.82) is 0 Å². The quantitative estimate of drug-likeness (QED) is 0.343. The molecular formula is C23H23ClF2N4O6. The van der Waals surface area contributed by atoms with Gasteiger partial charge in [0.25, 0.3) is 22.5 Å². The highest BCUT2D eigenvalue weighted by Gasteiger charge is 2.36. The van der Waals surface area contributed by atoms with Gasteiger partial charge in [0.2, 0.25) is 0 Å². The van der Waals surface area contributed by atoms with Crippen molar-refractivity contribution in [2.45, 2.75) is 50.2 Å². The fourth-order valence-electron chi connectivity index (χ4n) is 4.58. The summed E-state index contributed by atoms with van der Waals surface area (Å²) in [5, 5.41) is 22.7. The van der Waals surface area contributed by atoms with E-state index in [0.717, 1.165) is 49.9 Å². The van der Waals surface area contributed by atoms with Gasteiger partial charge in [0.15, 0.2) is 0 Å². The van der Waals surface area contributed by atoms with Gasteiger partial charge in [-0.05, 0) is 56.5 Å². The third kappa shape index (κ3) is 6.38. The first-order valence-electron chi connectivity index (χ1n) is 11.1. The highest BCUT2D eigenvalue weighted by molar-refractivity contribution is 6.67. The first-order valence-corrected chi connectivity index (χ1v) is 11.5. The van der Waals surface area contributed by atoms with E-state index < -0.39 is 38.3 Å². The van der Waals surface area contributed by atoms with Crippen LogP contribution in [0.4, 0.5) is 20.2 Å². The largest absolute Gasteiger partial charge is 0.349 e. The van der Waals surface area contributed by atoms with Gasteiger partial charge < -0.3 is 10.2 Å². The van der Waals surface area contributed by atoms with Crippen molar-refractivity contribution in [2.75, 3.05) is 7.05 Å². The predicted octanol–water partition coefficient (Wildman–Crippen LogP) is 4.59. The second-order valence-corrected chi connectivity index (χ2v) is 9.01. The van der Waals surface area contributed by atoms with Crippen LogP contribution < -0.4 is 5.32 Å². The molecule has 0 radical (unpaired) electrons. The Morgan fingerprint density at radius 1 is 0.944 bits per heavy atom. The van der Waals surface area contributed by atoms with Gasteiger partial charge in [-0.1, -0.05) is 6.42 Å². The van der Waals surface area contributed by atoms with E-state index in [0.29, 0.717) is 18.2 Å². The van der Waals surface area contributed by atoms with Gasteiger partial charge in [-0.3, -0.25) is 29.8 Å². The first-order chi connectivity index (χ1) is 17.0. The predicted molar refractivity (Wildman–Crippen MR) is 126 cm³/mol. The number of hydrogen-bond donors (Lipinski definition) is 1. The van der Waals surface area contributed by atoms with Crippen molar-refractivity contribution >= 4 is 34.1 Å². The molecule has 2 aliphatic rings. The average Bonchev–Trinajstić information content (AvgIpc) is 2.79. The minimum Gasteiger partial charge on any atom is -0.349 e. The fourth-order valence-corrected chi connectivity index (χ4v) is 4.73. The van der Waals surface area contributed by atoms with Crippen LogP contribution >= 0.6 is 11.6 Å². The molecule has 2 fully saturated rings. The third-order valence-corrected chi connectivity index (χ3v) is 6.66. The number of halogens is 3. The Hall–Kier alpha value is -3.51. The van der Waals surface area contributed by atoms with Gasteiger partial charge in [0, 0.05) is 30.3 Å². The van der Waals surface area contributed by atoms with Crippen LogP contribution in [0.2, 0.25) is 0 Å². The molecule has 1 unspecified atom stereocenters. The molecule has 2 heterocycles. The summed E-state index contributed by atoms with van der Waals surface area (Å²) >= 11 is 4.99. The van der Waals surface area contributed by atoms with E-state index in [9.17, 15) is 38.6 Å². The number of nitro groups is 2. The number of non-ortho nitro benzene ring substituents is 2. The summed E-state index contributed by atoms with van der Waals surface area (Å²) in [6.45, 7) is 0.